The summed E-state index contributed by atoms with van der Waals surface area (Å²) >= 11 is 0. The van der Waals surface area contributed by atoms with Gasteiger partial charge in [-0.15, -0.1) is 0 Å². The van der Waals surface area contributed by atoms with Crippen LogP contribution in [0.1, 0.15) is 22.5 Å². The molecule has 0 aromatic carbocycles. The number of carboxylic acid groups (broad SMARTS) is 1. The summed E-state index contributed by atoms with van der Waals surface area (Å²) in [5.41, 5.74) is 5.45. The number of aryl methyl sites for hydroxylation is 1. The van der Waals surface area contributed by atoms with Gasteiger partial charge in [-0.25, -0.2) is 13.2 Å². The summed E-state index contributed by atoms with van der Waals surface area (Å²) in [6.45, 7) is 2.54. The summed E-state index contributed by atoms with van der Waals surface area (Å²) in [6.07, 6.45) is 0.682. The quantitative estimate of drug-likeness (QED) is 0.677. The van der Waals surface area contributed by atoms with Crippen molar-refractivity contribution in [2.45, 2.75) is 18.4 Å². The summed E-state index contributed by atoms with van der Waals surface area (Å²) in [4.78, 5) is 11.1. The zero-order valence-corrected chi connectivity index (χ0v) is 11.3. The van der Waals surface area contributed by atoms with Crippen molar-refractivity contribution in [1.82, 2.24) is 14.5 Å². The molecule has 0 radical (unpaired) electrons. The average molecular weight is 288 g/mol. The molecule has 1 fully saturated rings. The second-order valence-electron chi connectivity index (χ2n) is 4.59. The minimum absolute atomic E-state index is 0.114. The first-order valence-corrected chi connectivity index (χ1v) is 7.30. The molecule has 0 saturated carbocycles. The van der Waals surface area contributed by atoms with E-state index in [9.17, 15) is 13.2 Å². The topological polar surface area (TPSA) is 129 Å². The van der Waals surface area contributed by atoms with E-state index in [0.717, 1.165) is 0 Å². The van der Waals surface area contributed by atoms with E-state index in [1.165, 1.54) is 11.2 Å². The zero-order valence-electron chi connectivity index (χ0n) is 10.5. The van der Waals surface area contributed by atoms with Crippen LogP contribution in [0.15, 0.2) is 5.03 Å². The molecule has 0 amide bonds. The molecule has 1 aliphatic rings. The van der Waals surface area contributed by atoms with Crippen LogP contribution in [0.4, 0.5) is 0 Å². The number of rotatable bonds is 4. The lowest BCUT2D eigenvalue weighted by Crippen LogP contribution is -2.31. The van der Waals surface area contributed by atoms with Gasteiger partial charge in [-0.2, -0.15) is 9.40 Å². The van der Waals surface area contributed by atoms with Crippen LogP contribution < -0.4 is 5.73 Å². The van der Waals surface area contributed by atoms with Gasteiger partial charge in [0.2, 0.25) is 5.03 Å². The van der Waals surface area contributed by atoms with E-state index < -0.39 is 21.0 Å². The minimum Gasteiger partial charge on any atom is -0.478 e. The number of aromatic nitrogens is 2. The highest BCUT2D eigenvalue weighted by Crippen LogP contribution is 2.25. The fourth-order valence-electron chi connectivity index (χ4n) is 2.18. The Bertz CT molecular complexity index is 595. The molecular weight excluding hydrogens is 272 g/mol. The summed E-state index contributed by atoms with van der Waals surface area (Å²) in [7, 11) is -3.88. The molecule has 106 valence electrons. The number of aromatic amines is 1. The number of nitrogens with one attached hydrogen (secondary N) is 1. The highest BCUT2D eigenvalue weighted by atomic mass is 32.2. The molecule has 1 aromatic rings. The monoisotopic (exact) mass is 288 g/mol. The fourth-order valence-corrected chi connectivity index (χ4v) is 3.83. The lowest BCUT2D eigenvalue weighted by molar-refractivity contribution is 0.0691. The van der Waals surface area contributed by atoms with Crippen molar-refractivity contribution in [2.24, 2.45) is 11.7 Å². The van der Waals surface area contributed by atoms with Crippen LogP contribution in [-0.4, -0.2) is 53.6 Å². The van der Waals surface area contributed by atoms with E-state index in [1.54, 1.807) is 0 Å². The Balaban J connectivity index is 2.38. The normalized spacial score (nSPS) is 20.8. The number of aromatic carboxylic acids is 1. The van der Waals surface area contributed by atoms with E-state index in [2.05, 4.69) is 10.2 Å². The molecule has 19 heavy (non-hydrogen) atoms. The number of hydrogen-bond acceptors (Lipinski definition) is 5. The van der Waals surface area contributed by atoms with Gasteiger partial charge in [0, 0.05) is 18.8 Å². The molecule has 0 spiro atoms. The fraction of sp³-hybridized carbons (Fsp3) is 0.600. The molecule has 2 heterocycles. The third-order valence-electron chi connectivity index (χ3n) is 3.29. The minimum atomic E-state index is -3.88. The Kier molecular flexibility index (Phi) is 3.61. The van der Waals surface area contributed by atoms with E-state index >= 15 is 0 Å². The third-order valence-corrected chi connectivity index (χ3v) is 5.09. The number of sulfonamides is 1. The van der Waals surface area contributed by atoms with Gasteiger partial charge < -0.3 is 10.8 Å². The highest BCUT2D eigenvalue weighted by molar-refractivity contribution is 7.89. The van der Waals surface area contributed by atoms with Gasteiger partial charge >= 0.3 is 5.97 Å². The van der Waals surface area contributed by atoms with Crippen molar-refractivity contribution in [3.8, 4) is 0 Å². The largest absolute Gasteiger partial charge is 0.478 e. The summed E-state index contributed by atoms with van der Waals surface area (Å²) in [6, 6.07) is 0. The summed E-state index contributed by atoms with van der Waals surface area (Å²) in [5.74, 6) is -1.19. The Morgan fingerprint density at radius 1 is 1.63 bits per heavy atom. The van der Waals surface area contributed by atoms with Crippen molar-refractivity contribution >= 4 is 16.0 Å². The molecule has 0 bridgehead atoms. The predicted octanol–water partition coefficient (Wildman–Crippen LogP) is -0.614. The van der Waals surface area contributed by atoms with E-state index in [-0.39, 0.29) is 17.2 Å². The van der Waals surface area contributed by atoms with Gasteiger partial charge in [0.1, 0.15) is 5.56 Å². The number of hydrogen-bond donors (Lipinski definition) is 3. The molecular formula is C10H16N4O4S. The van der Waals surface area contributed by atoms with Gasteiger partial charge in [0.25, 0.3) is 10.0 Å². The van der Waals surface area contributed by atoms with Gasteiger partial charge in [0.05, 0.1) is 0 Å². The Hall–Kier alpha value is -1.45. The standard InChI is InChI=1S/C10H16N4O4S/c1-6-8(10(15)16)9(13-12-6)19(17,18)14-3-2-7(4-11)5-14/h7H,2-5,11H2,1H3,(H,12,13)(H,15,16). The van der Waals surface area contributed by atoms with Crippen LogP contribution in [0.2, 0.25) is 0 Å². The first-order valence-electron chi connectivity index (χ1n) is 5.86. The Labute approximate surface area is 110 Å². The maximum absolute atomic E-state index is 12.4. The smallest absolute Gasteiger partial charge is 0.340 e. The first-order chi connectivity index (χ1) is 8.87. The van der Waals surface area contributed by atoms with Crippen molar-refractivity contribution in [3.63, 3.8) is 0 Å². The lowest BCUT2D eigenvalue weighted by atomic mass is 10.1. The third kappa shape index (κ3) is 2.36. The molecule has 1 saturated heterocycles. The number of nitrogens with two attached hydrogens (primary N) is 1. The van der Waals surface area contributed by atoms with Gasteiger partial charge in [-0.05, 0) is 25.8 Å². The predicted molar refractivity (Wildman–Crippen MR) is 66.2 cm³/mol. The molecule has 0 aliphatic carbocycles. The molecule has 9 heteroatoms. The average Bonchev–Trinajstić information content (AvgIpc) is 2.94. The number of carbonyl (C=O) groups is 1. The Morgan fingerprint density at radius 2 is 2.32 bits per heavy atom. The van der Waals surface area contributed by atoms with Crippen molar-refractivity contribution < 1.29 is 18.3 Å². The SMILES string of the molecule is Cc1[nH]nc(S(=O)(=O)N2CCC(CN)C2)c1C(=O)O. The van der Waals surface area contributed by atoms with Crippen molar-refractivity contribution in [2.75, 3.05) is 19.6 Å². The molecule has 1 unspecified atom stereocenters. The molecule has 4 N–H and O–H groups in total. The van der Waals surface area contributed by atoms with Crippen molar-refractivity contribution in [1.29, 1.82) is 0 Å². The number of H-pyrrole nitrogens is 1. The van der Waals surface area contributed by atoms with Crippen LogP contribution >= 0.6 is 0 Å². The van der Waals surface area contributed by atoms with Gasteiger partial charge in [-0.1, -0.05) is 0 Å². The molecule has 1 atom stereocenters. The highest BCUT2D eigenvalue weighted by Gasteiger charge is 2.37. The van der Waals surface area contributed by atoms with Crippen LogP contribution in [0.25, 0.3) is 0 Å². The second kappa shape index (κ2) is 4.91. The van der Waals surface area contributed by atoms with E-state index in [4.69, 9.17) is 10.8 Å². The molecule has 1 aromatic heterocycles. The number of nitrogens with zero attached hydrogens (tertiary/aromatic N) is 2. The number of carboxylic acids is 1. The van der Waals surface area contributed by atoms with Crippen LogP contribution in [-0.2, 0) is 10.0 Å². The van der Waals surface area contributed by atoms with Crippen molar-refractivity contribution in [3.05, 3.63) is 11.3 Å². The van der Waals surface area contributed by atoms with Crippen LogP contribution in [0.5, 0.6) is 0 Å². The zero-order chi connectivity index (χ0) is 14.2. The van der Waals surface area contributed by atoms with Crippen LogP contribution in [0.3, 0.4) is 0 Å². The summed E-state index contributed by atoms with van der Waals surface area (Å²) in [5, 5.41) is 14.7. The maximum atomic E-state index is 12.4. The first kappa shape index (κ1) is 14.0. The van der Waals surface area contributed by atoms with Gasteiger partial charge in [-0.3, -0.25) is 5.10 Å². The maximum Gasteiger partial charge on any atom is 0.340 e. The van der Waals surface area contributed by atoms with E-state index in [0.29, 0.717) is 26.1 Å². The summed E-state index contributed by atoms with van der Waals surface area (Å²) < 4.78 is 26.0. The molecule has 1 aliphatic heterocycles. The lowest BCUT2D eigenvalue weighted by Gasteiger charge is -2.15. The Morgan fingerprint density at radius 3 is 2.84 bits per heavy atom. The van der Waals surface area contributed by atoms with Crippen LogP contribution in [0, 0.1) is 12.8 Å². The molecule has 2 rings (SSSR count). The molecule has 8 nitrogen and oxygen atoms in total. The van der Waals surface area contributed by atoms with Gasteiger partial charge in [0.15, 0.2) is 0 Å². The second-order valence-corrected chi connectivity index (χ2v) is 6.44. The van der Waals surface area contributed by atoms with E-state index in [1.807, 2.05) is 0 Å².